The van der Waals surface area contributed by atoms with Gasteiger partial charge in [0.25, 0.3) is 0 Å². The molecule has 3 nitrogen and oxygen atoms in total. The number of hydrogen-bond acceptors (Lipinski definition) is 3. The number of Topliss-reactive ketones (excluding diaryl/α,β-unsaturated/α-hetero) is 1. The highest BCUT2D eigenvalue weighted by atomic mass is 19.3. The first-order valence-electron chi connectivity index (χ1n) is 6.75. The summed E-state index contributed by atoms with van der Waals surface area (Å²) in [5.74, 6) is -5.73. The van der Waals surface area contributed by atoms with Gasteiger partial charge in [0.15, 0.2) is 6.10 Å². The number of esters is 1. The minimum absolute atomic E-state index is 0.175. The second-order valence-corrected chi connectivity index (χ2v) is 5.10. The van der Waals surface area contributed by atoms with Crippen LogP contribution >= 0.6 is 0 Å². The van der Waals surface area contributed by atoms with Crippen molar-refractivity contribution in [1.82, 2.24) is 0 Å². The molecular weight excluding hydrogens is 278 g/mol. The van der Waals surface area contributed by atoms with Crippen LogP contribution in [-0.4, -0.2) is 23.8 Å². The van der Waals surface area contributed by atoms with E-state index in [1.165, 1.54) is 18.2 Å². The minimum Gasteiger partial charge on any atom is -0.448 e. The molecule has 1 atom stereocenters. The molecule has 0 spiro atoms. The lowest BCUT2D eigenvalue weighted by Gasteiger charge is -2.25. The Balaban J connectivity index is 2.25. The predicted octanol–water partition coefficient (Wildman–Crippen LogP) is 3.55. The third-order valence-electron chi connectivity index (χ3n) is 3.38. The second kappa shape index (κ2) is 6.16. The number of carbonyl (C=O) groups is 2. The highest BCUT2D eigenvalue weighted by Gasteiger charge is 2.48. The van der Waals surface area contributed by atoms with Gasteiger partial charge in [0.1, 0.15) is 0 Å². The van der Waals surface area contributed by atoms with Gasteiger partial charge in [-0.05, 0) is 38.0 Å². The summed E-state index contributed by atoms with van der Waals surface area (Å²) in [5.41, 5.74) is 0.863. The molecule has 0 heterocycles. The Morgan fingerprint density at radius 3 is 2.57 bits per heavy atom. The van der Waals surface area contributed by atoms with E-state index in [2.05, 4.69) is 0 Å². The van der Waals surface area contributed by atoms with Gasteiger partial charge in [0.05, 0.1) is 5.56 Å². The van der Waals surface area contributed by atoms with Gasteiger partial charge in [0.2, 0.25) is 5.78 Å². The van der Waals surface area contributed by atoms with Crippen molar-refractivity contribution in [2.75, 3.05) is 0 Å². The molecule has 0 radical (unpaired) electrons. The molecule has 0 N–H and O–H groups in total. The van der Waals surface area contributed by atoms with Crippen molar-refractivity contribution < 1.29 is 23.1 Å². The molecule has 1 aromatic carbocycles. The third-order valence-corrected chi connectivity index (χ3v) is 3.38. The van der Waals surface area contributed by atoms with Crippen LogP contribution in [0.25, 0.3) is 0 Å². The Bertz CT molecular complexity index is 564. The van der Waals surface area contributed by atoms with Crippen LogP contribution in [0.2, 0.25) is 0 Å². The molecule has 2 rings (SSSR count). The smallest absolute Gasteiger partial charge is 0.344 e. The zero-order chi connectivity index (χ0) is 15.5. The Morgan fingerprint density at radius 2 is 1.90 bits per heavy atom. The maximum atomic E-state index is 14.1. The summed E-state index contributed by atoms with van der Waals surface area (Å²) in [5, 5.41) is 0. The van der Waals surface area contributed by atoms with Gasteiger partial charge in [-0.15, -0.1) is 0 Å². The molecule has 5 heteroatoms. The number of alkyl halides is 2. The number of benzene rings is 1. The fourth-order valence-electron chi connectivity index (χ4n) is 2.17. The van der Waals surface area contributed by atoms with Crippen molar-refractivity contribution in [3.8, 4) is 0 Å². The van der Waals surface area contributed by atoms with E-state index in [0.29, 0.717) is 18.4 Å². The number of hydrogen-bond donors (Lipinski definition) is 0. The molecule has 0 amide bonds. The number of carbonyl (C=O) groups excluding carboxylic acids is 2. The molecule has 112 valence electrons. The van der Waals surface area contributed by atoms with Crippen LogP contribution in [0, 0.1) is 0 Å². The van der Waals surface area contributed by atoms with Gasteiger partial charge in [-0.1, -0.05) is 23.8 Å². The predicted molar refractivity (Wildman–Crippen MR) is 73.2 cm³/mol. The molecule has 0 fully saturated rings. The first-order valence-corrected chi connectivity index (χ1v) is 6.75. The Morgan fingerprint density at radius 1 is 1.24 bits per heavy atom. The molecule has 1 aromatic rings. The van der Waals surface area contributed by atoms with Crippen molar-refractivity contribution in [3.05, 3.63) is 47.5 Å². The van der Waals surface area contributed by atoms with Crippen LogP contribution in [0.3, 0.4) is 0 Å². The van der Waals surface area contributed by atoms with Gasteiger partial charge >= 0.3 is 11.9 Å². The van der Waals surface area contributed by atoms with Crippen LogP contribution in [-0.2, 0) is 9.53 Å². The SMILES string of the molecule is C/C1=C/C(OC(=O)c2ccccc2)C(F)(F)C(=O)CCC1. The van der Waals surface area contributed by atoms with Crippen molar-refractivity contribution >= 4 is 11.8 Å². The van der Waals surface area contributed by atoms with Crippen LogP contribution in [0.1, 0.15) is 36.5 Å². The van der Waals surface area contributed by atoms with Gasteiger partial charge in [-0.2, -0.15) is 8.78 Å². The third kappa shape index (κ3) is 3.54. The minimum atomic E-state index is -3.69. The molecule has 21 heavy (non-hydrogen) atoms. The maximum Gasteiger partial charge on any atom is 0.344 e. The second-order valence-electron chi connectivity index (χ2n) is 5.10. The summed E-state index contributed by atoms with van der Waals surface area (Å²) in [4.78, 5) is 23.5. The van der Waals surface area contributed by atoms with Crippen molar-refractivity contribution in [3.63, 3.8) is 0 Å². The number of allylic oxidation sites excluding steroid dienone is 1. The van der Waals surface area contributed by atoms with Crippen molar-refractivity contribution in [2.45, 2.75) is 38.2 Å². The van der Waals surface area contributed by atoms with Gasteiger partial charge in [-0.25, -0.2) is 4.79 Å². The molecule has 0 aliphatic heterocycles. The largest absolute Gasteiger partial charge is 0.448 e. The van der Waals surface area contributed by atoms with Crippen LogP contribution in [0.5, 0.6) is 0 Å². The van der Waals surface area contributed by atoms with Gasteiger partial charge in [-0.3, -0.25) is 4.79 Å². The average Bonchev–Trinajstić information content (AvgIpc) is 2.46. The quantitative estimate of drug-likeness (QED) is 0.619. The van der Waals surface area contributed by atoms with E-state index in [9.17, 15) is 18.4 Å². The molecule has 0 saturated heterocycles. The van der Waals surface area contributed by atoms with Crippen LogP contribution in [0.15, 0.2) is 42.0 Å². The van der Waals surface area contributed by atoms with Gasteiger partial charge in [0, 0.05) is 6.42 Å². The monoisotopic (exact) mass is 294 g/mol. The molecule has 1 aliphatic rings. The Labute approximate surface area is 121 Å². The number of halogens is 2. The number of ether oxygens (including phenoxy) is 1. The normalized spacial score (nSPS) is 24.4. The zero-order valence-electron chi connectivity index (χ0n) is 11.6. The van der Waals surface area contributed by atoms with E-state index in [4.69, 9.17) is 4.74 Å². The molecule has 0 aromatic heterocycles. The summed E-state index contributed by atoms with van der Waals surface area (Å²) in [6.45, 7) is 1.69. The van der Waals surface area contributed by atoms with E-state index in [-0.39, 0.29) is 12.0 Å². The lowest BCUT2D eigenvalue weighted by Crippen LogP contribution is -2.44. The fraction of sp³-hybridized carbons (Fsp3) is 0.375. The summed E-state index contributed by atoms with van der Waals surface area (Å²) in [6.07, 6.45) is 0.0465. The number of rotatable bonds is 2. The fourth-order valence-corrected chi connectivity index (χ4v) is 2.17. The lowest BCUT2D eigenvalue weighted by molar-refractivity contribution is -0.156. The first kappa shape index (κ1) is 15.4. The Hall–Kier alpha value is -2.04. The Kier molecular flexibility index (Phi) is 4.50. The van der Waals surface area contributed by atoms with E-state index in [0.717, 1.165) is 0 Å². The van der Waals surface area contributed by atoms with E-state index >= 15 is 0 Å². The van der Waals surface area contributed by atoms with Crippen molar-refractivity contribution in [1.29, 1.82) is 0 Å². The highest BCUT2D eigenvalue weighted by molar-refractivity contribution is 5.91. The molecular formula is C16H16F2O3. The molecule has 0 bridgehead atoms. The first-order chi connectivity index (χ1) is 9.91. The highest BCUT2D eigenvalue weighted by Crippen LogP contribution is 2.30. The molecule has 1 aliphatic carbocycles. The lowest BCUT2D eigenvalue weighted by atomic mass is 9.95. The van der Waals surface area contributed by atoms with E-state index < -0.39 is 23.8 Å². The number of ketones is 1. The van der Waals surface area contributed by atoms with E-state index in [1.807, 2.05) is 0 Å². The summed E-state index contributed by atoms with van der Waals surface area (Å²) < 4.78 is 33.0. The summed E-state index contributed by atoms with van der Waals surface area (Å²) in [7, 11) is 0. The average molecular weight is 294 g/mol. The molecule has 0 saturated carbocycles. The maximum absolute atomic E-state index is 14.1. The summed E-state index contributed by atoms with van der Waals surface area (Å²) >= 11 is 0. The van der Waals surface area contributed by atoms with Crippen LogP contribution < -0.4 is 0 Å². The summed E-state index contributed by atoms with van der Waals surface area (Å²) in [6, 6.07) is 7.87. The zero-order valence-corrected chi connectivity index (χ0v) is 11.6. The van der Waals surface area contributed by atoms with E-state index in [1.54, 1.807) is 25.1 Å². The van der Waals surface area contributed by atoms with Crippen LogP contribution in [0.4, 0.5) is 8.78 Å². The molecule has 1 unspecified atom stereocenters. The topological polar surface area (TPSA) is 43.4 Å². The van der Waals surface area contributed by atoms with Crippen molar-refractivity contribution in [2.24, 2.45) is 0 Å². The standard InChI is InChI=1S/C16H16F2O3/c1-11-6-5-9-13(19)16(17,18)14(10-11)21-15(20)12-7-3-2-4-8-12/h2-4,7-8,10,14H,5-6,9H2,1H3/b11-10-. The van der Waals surface area contributed by atoms with Gasteiger partial charge < -0.3 is 4.74 Å².